The summed E-state index contributed by atoms with van der Waals surface area (Å²) in [5.74, 6) is 0.284. The number of anilines is 3. The van der Waals surface area contributed by atoms with E-state index in [1.54, 1.807) is 12.1 Å². The molecule has 0 radical (unpaired) electrons. The van der Waals surface area contributed by atoms with Gasteiger partial charge in [0.15, 0.2) is 11.5 Å². The summed E-state index contributed by atoms with van der Waals surface area (Å²) in [6.45, 7) is 2.01. The second kappa shape index (κ2) is 7.23. The van der Waals surface area contributed by atoms with Crippen molar-refractivity contribution in [1.82, 2.24) is 10.2 Å². The maximum Gasteiger partial charge on any atom is 0.276 e. The molecule has 0 aliphatic carbocycles. The molecule has 0 aliphatic heterocycles. The SMILES string of the molecule is Cc1ccccc1Nc1ccc(C(=O)Nc2cccc(Br)c2)nn1. The van der Waals surface area contributed by atoms with E-state index in [1.165, 1.54) is 0 Å². The molecule has 0 aliphatic rings. The molecule has 0 atom stereocenters. The van der Waals surface area contributed by atoms with E-state index in [4.69, 9.17) is 0 Å². The maximum absolute atomic E-state index is 12.2. The Hall–Kier alpha value is -2.73. The van der Waals surface area contributed by atoms with Crippen LogP contribution < -0.4 is 10.6 Å². The van der Waals surface area contributed by atoms with Crippen molar-refractivity contribution in [3.05, 3.63) is 76.4 Å². The highest BCUT2D eigenvalue weighted by Gasteiger charge is 2.09. The number of benzene rings is 2. The minimum atomic E-state index is -0.303. The molecule has 0 bridgehead atoms. The monoisotopic (exact) mass is 382 g/mol. The largest absolute Gasteiger partial charge is 0.339 e. The van der Waals surface area contributed by atoms with Crippen molar-refractivity contribution >= 4 is 39.0 Å². The van der Waals surface area contributed by atoms with Crippen LogP contribution in [0.1, 0.15) is 16.1 Å². The number of aryl methyl sites for hydroxylation is 1. The van der Waals surface area contributed by atoms with Crippen LogP contribution in [0.25, 0.3) is 0 Å². The molecule has 5 nitrogen and oxygen atoms in total. The van der Waals surface area contributed by atoms with E-state index in [0.29, 0.717) is 11.5 Å². The summed E-state index contributed by atoms with van der Waals surface area (Å²) in [6.07, 6.45) is 0. The molecule has 1 aromatic heterocycles. The molecule has 1 heterocycles. The second-order valence-corrected chi connectivity index (χ2v) is 6.12. The van der Waals surface area contributed by atoms with E-state index in [9.17, 15) is 4.79 Å². The van der Waals surface area contributed by atoms with Crippen LogP contribution in [-0.4, -0.2) is 16.1 Å². The molecule has 24 heavy (non-hydrogen) atoms. The van der Waals surface area contributed by atoms with Crippen molar-refractivity contribution in [2.24, 2.45) is 0 Å². The van der Waals surface area contributed by atoms with Gasteiger partial charge in [0.25, 0.3) is 5.91 Å². The van der Waals surface area contributed by atoms with Crippen LogP contribution in [0.3, 0.4) is 0 Å². The average molecular weight is 383 g/mol. The van der Waals surface area contributed by atoms with Crippen molar-refractivity contribution in [2.45, 2.75) is 6.92 Å². The molecule has 2 aromatic carbocycles. The molecule has 2 N–H and O–H groups in total. The van der Waals surface area contributed by atoms with Crippen molar-refractivity contribution in [2.75, 3.05) is 10.6 Å². The Balaban J connectivity index is 1.70. The van der Waals surface area contributed by atoms with Gasteiger partial charge in [-0.25, -0.2) is 0 Å². The number of halogens is 1. The van der Waals surface area contributed by atoms with Crippen LogP contribution in [0.15, 0.2) is 65.1 Å². The molecule has 6 heteroatoms. The second-order valence-electron chi connectivity index (χ2n) is 5.21. The number of carbonyl (C=O) groups excluding carboxylic acids is 1. The molecule has 0 saturated carbocycles. The predicted octanol–water partition coefficient (Wildman–Crippen LogP) is 4.54. The minimum Gasteiger partial charge on any atom is -0.339 e. The van der Waals surface area contributed by atoms with Crippen molar-refractivity contribution in [1.29, 1.82) is 0 Å². The fourth-order valence-electron chi connectivity index (χ4n) is 2.13. The van der Waals surface area contributed by atoms with Gasteiger partial charge in [0.2, 0.25) is 0 Å². The number of rotatable bonds is 4. The Morgan fingerprint density at radius 3 is 2.54 bits per heavy atom. The Morgan fingerprint density at radius 2 is 1.83 bits per heavy atom. The van der Waals surface area contributed by atoms with Gasteiger partial charge in [0.05, 0.1) is 0 Å². The Labute approximate surface area is 148 Å². The first-order valence-electron chi connectivity index (χ1n) is 7.35. The van der Waals surface area contributed by atoms with Crippen LogP contribution in [0.5, 0.6) is 0 Å². The van der Waals surface area contributed by atoms with Gasteiger partial charge in [0, 0.05) is 15.8 Å². The zero-order valence-electron chi connectivity index (χ0n) is 13.0. The third-order valence-electron chi connectivity index (χ3n) is 3.39. The van der Waals surface area contributed by atoms with E-state index in [2.05, 4.69) is 36.8 Å². The van der Waals surface area contributed by atoms with E-state index in [0.717, 1.165) is 15.7 Å². The summed E-state index contributed by atoms with van der Waals surface area (Å²) < 4.78 is 0.893. The lowest BCUT2D eigenvalue weighted by Gasteiger charge is -2.08. The number of aromatic nitrogens is 2. The highest BCUT2D eigenvalue weighted by Crippen LogP contribution is 2.19. The molecule has 3 aromatic rings. The highest BCUT2D eigenvalue weighted by atomic mass is 79.9. The lowest BCUT2D eigenvalue weighted by Crippen LogP contribution is -2.14. The summed E-state index contributed by atoms with van der Waals surface area (Å²) >= 11 is 3.37. The quantitative estimate of drug-likeness (QED) is 0.694. The van der Waals surface area contributed by atoms with Crippen LogP contribution in [0.2, 0.25) is 0 Å². The third-order valence-corrected chi connectivity index (χ3v) is 3.88. The number of hydrogen-bond donors (Lipinski definition) is 2. The van der Waals surface area contributed by atoms with Gasteiger partial charge >= 0.3 is 0 Å². The molecule has 3 rings (SSSR count). The van der Waals surface area contributed by atoms with Gasteiger partial charge in [-0.15, -0.1) is 10.2 Å². The van der Waals surface area contributed by atoms with Crippen LogP contribution in [-0.2, 0) is 0 Å². The zero-order valence-corrected chi connectivity index (χ0v) is 14.5. The van der Waals surface area contributed by atoms with E-state index in [-0.39, 0.29) is 11.6 Å². The number of amides is 1. The van der Waals surface area contributed by atoms with Crippen LogP contribution in [0, 0.1) is 6.92 Å². The lowest BCUT2D eigenvalue weighted by atomic mass is 10.2. The smallest absolute Gasteiger partial charge is 0.276 e. The molecule has 1 amide bonds. The average Bonchev–Trinajstić information content (AvgIpc) is 2.57. The molecule has 0 fully saturated rings. The molecule has 120 valence electrons. The van der Waals surface area contributed by atoms with Gasteiger partial charge in [-0.1, -0.05) is 40.2 Å². The number of para-hydroxylation sites is 1. The Kier molecular flexibility index (Phi) is 4.86. The molecular formula is C18H15BrN4O. The topological polar surface area (TPSA) is 66.9 Å². The van der Waals surface area contributed by atoms with Gasteiger partial charge < -0.3 is 10.6 Å². The summed E-state index contributed by atoms with van der Waals surface area (Å²) in [5.41, 5.74) is 3.01. The fourth-order valence-corrected chi connectivity index (χ4v) is 2.53. The summed E-state index contributed by atoms with van der Waals surface area (Å²) in [4.78, 5) is 12.2. The molecule has 0 saturated heterocycles. The van der Waals surface area contributed by atoms with Gasteiger partial charge in [-0.2, -0.15) is 0 Å². The standard InChI is InChI=1S/C18H15BrN4O/c1-12-5-2-3-8-15(12)21-17-10-9-16(22-23-17)18(24)20-14-7-4-6-13(19)11-14/h2-11H,1H3,(H,20,24)(H,21,23). The van der Waals surface area contributed by atoms with E-state index in [1.807, 2.05) is 55.5 Å². The number of nitrogens with zero attached hydrogens (tertiary/aromatic N) is 2. The van der Waals surface area contributed by atoms with Crippen molar-refractivity contribution < 1.29 is 4.79 Å². The first-order valence-corrected chi connectivity index (χ1v) is 8.14. The lowest BCUT2D eigenvalue weighted by molar-refractivity contribution is 0.102. The summed E-state index contributed by atoms with van der Waals surface area (Å²) in [6, 6.07) is 18.6. The van der Waals surface area contributed by atoms with Gasteiger partial charge in [0.1, 0.15) is 0 Å². The normalized spacial score (nSPS) is 10.2. The highest BCUT2D eigenvalue weighted by molar-refractivity contribution is 9.10. The fraction of sp³-hybridized carbons (Fsp3) is 0.0556. The molecule has 0 unspecified atom stereocenters. The van der Waals surface area contributed by atoms with E-state index < -0.39 is 0 Å². The minimum absolute atomic E-state index is 0.255. The third kappa shape index (κ3) is 3.97. The molecular weight excluding hydrogens is 368 g/mol. The molecule has 0 spiro atoms. The van der Waals surface area contributed by atoms with Crippen molar-refractivity contribution in [3.8, 4) is 0 Å². The van der Waals surface area contributed by atoms with Crippen molar-refractivity contribution in [3.63, 3.8) is 0 Å². The first kappa shape index (κ1) is 16.1. The number of carbonyl (C=O) groups is 1. The maximum atomic E-state index is 12.2. The zero-order chi connectivity index (χ0) is 16.9. The first-order chi connectivity index (χ1) is 11.6. The van der Waals surface area contributed by atoms with Crippen LogP contribution in [0.4, 0.5) is 17.2 Å². The summed E-state index contributed by atoms with van der Waals surface area (Å²) in [7, 11) is 0. The Bertz CT molecular complexity index is 865. The Morgan fingerprint density at radius 1 is 1.00 bits per heavy atom. The number of nitrogens with one attached hydrogen (secondary N) is 2. The number of hydrogen-bond acceptors (Lipinski definition) is 4. The van der Waals surface area contributed by atoms with Crippen LogP contribution >= 0.6 is 15.9 Å². The van der Waals surface area contributed by atoms with Gasteiger partial charge in [-0.05, 0) is 48.9 Å². The van der Waals surface area contributed by atoms with E-state index >= 15 is 0 Å². The van der Waals surface area contributed by atoms with Gasteiger partial charge in [-0.3, -0.25) is 4.79 Å². The predicted molar refractivity (Wildman–Crippen MR) is 98.6 cm³/mol. The summed E-state index contributed by atoms with van der Waals surface area (Å²) in [5, 5.41) is 14.0.